The van der Waals surface area contributed by atoms with Crippen molar-refractivity contribution in [3.63, 3.8) is 0 Å². The van der Waals surface area contributed by atoms with Gasteiger partial charge < -0.3 is 5.32 Å². The summed E-state index contributed by atoms with van der Waals surface area (Å²) in [5.74, 6) is 0. The van der Waals surface area contributed by atoms with Crippen molar-refractivity contribution in [1.82, 2.24) is 5.32 Å². The smallest absolute Gasteiger partial charge is 0.123 e. The molecule has 0 aromatic rings. The van der Waals surface area contributed by atoms with Crippen LogP contribution in [0.25, 0.3) is 0 Å². The Labute approximate surface area is 54.3 Å². The molecule has 2 heterocycles. The molecule has 51 valence electrons. The maximum atomic E-state index is 5.08. The molecule has 1 radical (unpaired) electrons. The minimum atomic E-state index is -0.0694. The van der Waals surface area contributed by atoms with Gasteiger partial charge in [0.05, 0.1) is 6.61 Å². The first-order valence-electron chi connectivity index (χ1n) is 3.27. The largest absolute Gasteiger partial charge is 0.314 e. The number of rotatable bonds is 0. The Morgan fingerprint density at radius 3 is 3.11 bits per heavy atom. The molecule has 2 aliphatic rings. The van der Waals surface area contributed by atoms with Crippen LogP contribution in [0.15, 0.2) is 0 Å². The van der Waals surface area contributed by atoms with Crippen molar-refractivity contribution in [2.45, 2.75) is 12.0 Å². The summed E-state index contributed by atoms with van der Waals surface area (Å²) in [6, 6.07) is 0. The molecule has 1 atom stereocenters. The Morgan fingerprint density at radius 1 is 1.56 bits per heavy atom. The summed E-state index contributed by atoms with van der Waals surface area (Å²) in [7, 11) is 0. The number of nitrogens with one attached hydrogen (secondary N) is 1. The summed E-state index contributed by atoms with van der Waals surface area (Å²) in [5.41, 5.74) is -0.0694. The van der Waals surface area contributed by atoms with Crippen molar-refractivity contribution in [2.24, 2.45) is 0 Å². The highest BCUT2D eigenvalue weighted by atomic mass is 17.2. The maximum absolute atomic E-state index is 5.08. The molecule has 2 aliphatic heterocycles. The van der Waals surface area contributed by atoms with E-state index < -0.39 is 0 Å². The Kier molecular flexibility index (Phi) is 1.22. The molecule has 3 heteroatoms. The molecular formula is C6H10NO2. The van der Waals surface area contributed by atoms with Crippen LogP contribution >= 0.6 is 0 Å². The van der Waals surface area contributed by atoms with Crippen molar-refractivity contribution >= 4 is 0 Å². The molecule has 1 unspecified atom stereocenters. The average Bonchev–Trinajstić information content (AvgIpc) is 2.45. The monoisotopic (exact) mass is 128 g/mol. The predicted octanol–water partition coefficient (Wildman–Crippen LogP) is -0.115. The predicted molar refractivity (Wildman–Crippen MR) is 31.6 cm³/mol. The van der Waals surface area contributed by atoms with Crippen LogP contribution in [0.1, 0.15) is 6.42 Å². The zero-order valence-corrected chi connectivity index (χ0v) is 5.22. The molecule has 9 heavy (non-hydrogen) atoms. The van der Waals surface area contributed by atoms with E-state index in [2.05, 4.69) is 11.7 Å². The van der Waals surface area contributed by atoms with Crippen LogP contribution < -0.4 is 5.32 Å². The minimum Gasteiger partial charge on any atom is -0.314 e. The van der Waals surface area contributed by atoms with E-state index in [0.717, 1.165) is 19.5 Å². The topological polar surface area (TPSA) is 30.5 Å². The lowest BCUT2D eigenvalue weighted by Gasteiger charge is -2.15. The molecule has 2 fully saturated rings. The van der Waals surface area contributed by atoms with E-state index in [1.807, 2.05) is 0 Å². The lowest BCUT2D eigenvalue weighted by molar-refractivity contribution is -0.302. The first kappa shape index (κ1) is 5.65. The Bertz CT molecular complexity index is 86.1. The van der Waals surface area contributed by atoms with Gasteiger partial charge in [0.1, 0.15) is 5.60 Å². The lowest BCUT2D eigenvalue weighted by Crippen LogP contribution is -2.30. The number of hydrogen-bond acceptors (Lipinski definition) is 3. The van der Waals surface area contributed by atoms with E-state index >= 15 is 0 Å². The first-order valence-corrected chi connectivity index (χ1v) is 3.27. The lowest BCUT2D eigenvalue weighted by atomic mass is 10.0. The molecule has 2 saturated heterocycles. The van der Waals surface area contributed by atoms with E-state index in [1.54, 1.807) is 0 Å². The third kappa shape index (κ3) is 0.852. The van der Waals surface area contributed by atoms with Crippen LogP contribution in [0.3, 0.4) is 0 Å². The molecule has 0 aromatic heterocycles. The minimum absolute atomic E-state index is 0.0694. The van der Waals surface area contributed by atoms with Crippen LogP contribution in [-0.2, 0) is 9.78 Å². The van der Waals surface area contributed by atoms with Gasteiger partial charge in [-0.15, -0.1) is 0 Å². The summed E-state index contributed by atoms with van der Waals surface area (Å²) >= 11 is 0. The zero-order valence-electron chi connectivity index (χ0n) is 5.22. The van der Waals surface area contributed by atoms with E-state index in [-0.39, 0.29) is 5.60 Å². The van der Waals surface area contributed by atoms with Gasteiger partial charge in [0.15, 0.2) is 0 Å². The van der Waals surface area contributed by atoms with Crippen LogP contribution in [0.2, 0.25) is 0 Å². The summed E-state index contributed by atoms with van der Waals surface area (Å²) in [6.45, 7) is 2.59. The molecule has 2 rings (SSSR count). The van der Waals surface area contributed by atoms with Gasteiger partial charge in [-0.2, -0.15) is 0 Å². The molecule has 0 amide bonds. The SMILES string of the molecule is [CH]1COOC12CCNC2. The van der Waals surface area contributed by atoms with Gasteiger partial charge in [0, 0.05) is 13.0 Å². The van der Waals surface area contributed by atoms with Crippen LogP contribution in [0, 0.1) is 6.42 Å². The molecular weight excluding hydrogens is 118 g/mol. The van der Waals surface area contributed by atoms with Crippen molar-refractivity contribution in [3.05, 3.63) is 6.42 Å². The van der Waals surface area contributed by atoms with Gasteiger partial charge in [-0.05, 0) is 13.0 Å². The number of hydrogen-bond donors (Lipinski definition) is 1. The molecule has 0 saturated carbocycles. The summed E-state index contributed by atoms with van der Waals surface area (Å²) < 4.78 is 0. The van der Waals surface area contributed by atoms with Gasteiger partial charge in [0.25, 0.3) is 0 Å². The highest BCUT2D eigenvalue weighted by Crippen LogP contribution is 2.27. The average molecular weight is 128 g/mol. The normalized spacial score (nSPS) is 42.7. The third-order valence-corrected chi connectivity index (χ3v) is 1.90. The molecule has 3 nitrogen and oxygen atoms in total. The Balaban J connectivity index is 2.04. The van der Waals surface area contributed by atoms with Crippen molar-refractivity contribution < 1.29 is 9.78 Å². The maximum Gasteiger partial charge on any atom is 0.123 e. The van der Waals surface area contributed by atoms with Crippen LogP contribution in [-0.4, -0.2) is 25.3 Å². The fraction of sp³-hybridized carbons (Fsp3) is 0.833. The highest BCUT2D eigenvalue weighted by Gasteiger charge is 2.40. The van der Waals surface area contributed by atoms with Gasteiger partial charge in [-0.1, -0.05) is 0 Å². The second-order valence-electron chi connectivity index (χ2n) is 2.56. The second-order valence-corrected chi connectivity index (χ2v) is 2.56. The van der Waals surface area contributed by atoms with Gasteiger partial charge in [0.2, 0.25) is 0 Å². The third-order valence-electron chi connectivity index (χ3n) is 1.90. The first-order chi connectivity index (χ1) is 4.41. The fourth-order valence-electron chi connectivity index (χ4n) is 1.30. The van der Waals surface area contributed by atoms with E-state index in [0.29, 0.717) is 6.61 Å². The zero-order chi connectivity index (χ0) is 6.16. The van der Waals surface area contributed by atoms with Gasteiger partial charge >= 0.3 is 0 Å². The molecule has 1 spiro atoms. The van der Waals surface area contributed by atoms with Crippen LogP contribution in [0.4, 0.5) is 0 Å². The van der Waals surface area contributed by atoms with Crippen LogP contribution in [0.5, 0.6) is 0 Å². The highest BCUT2D eigenvalue weighted by molar-refractivity contribution is 5.02. The summed E-state index contributed by atoms with van der Waals surface area (Å²) in [5, 5.41) is 3.22. The van der Waals surface area contributed by atoms with E-state index in [1.165, 1.54) is 0 Å². The van der Waals surface area contributed by atoms with Crippen molar-refractivity contribution in [1.29, 1.82) is 0 Å². The summed E-state index contributed by atoms with van der Waals surface area (Å²) in [6.07, 6.45) is 3.14. The van der Waals surface area contributed by atoms with Gasteiger partial charge in [-0.3, -0.25) is 0 Å². The second kappa shape index (κ2) is 1.94. The van der Waals surface area contributed by atoms with Gasteiger partial charge in [-0.25, -0.2) is 9.78 Å². The molecule has 0 aliphatic carbocycles. The van der Waals surface area contributed by atoms with Crippen molar-refractivity contribution in [3.8, 4) is 0 Å². The van der Waals surface area contributed by atoms with Crippen molar-refractivity contribution in [2.75, 3.05) is 19.7 Å². The Hall–Kier alpha value is -0.120. The molecule has 0 aromatic carbocycles. The fourth-order valence-corrected chi connectivity index (χ4v) is 1.30. The summed E-state index contributed by atoms with van der Waals surface area (Å²) in [4.78, 5) is 9.87. The standard InChI is InChI=1S/C6H10NO2/c1-3-7-5-6(1)2-4-8-9-6/h2,7H,1,3-5H2. The van der Waals surface area contributed by atoms with E-state index in [4.69, 9.17) is 9.78 Å². The Morgan fingerprint density at radius 2 is 2.56 bits per heavy atom. The molecule has 1 N–H and O–H groups in total. The molecule has 0 bridgehead atoms. The quantitative estimate of drug-likeness (QED) is 0.461. The van der Waals surface area contributed by atoms with E-state index in [9.17, 15) is 0 Å².